The molecule has 0 radical (unpaired) electrons. The second-order valence-electron chi connectivity index (χ2n) is 11.4. The largest absolute Gasteiger partial charge is 0.254 e. The Hall–Kier alpha value is -6.26. The lowest BCUT2D eigenvalue weighted by Crippen LogP contribution is -1.97. The van der Waals surface area contributed by atoms with E-state index in [1.807, 2.05) is 48.7 Å². The van der Waals surface area contributed by atoms with Crippen LogP contribution in [0.3, 0.4) is 0 Å². The molecule has 214 valence electrons. The molecule has 0 saturated carbocycles. The van der Waals surface area contributed by atoms with Crippen LogP contribution in [-0.4, -0.2) is 19.9 Å². The second-order valence-corrected chi connectivity index (χ2v) is 11.4. The number of hydrogen-bond acceptors (Lipinski definition) is 4. The molecule has 9 rings (SSSR count). The summed E-state index contributed by atoms with van der Waals surface area (Å²) in [5.74, 6) is 0.663. The fourth-order valence-corrected chi connectivity index (χ4v) is 6.57. The normalized spacial score (nSPS) is 11.5. The van der Waals surface area contributed by atoms with Crippen molar-refractivity contribution in [2.45, 2.75) is 0 Å². The Morgan fingerprint density at radius 1 is 0.348 bits per heavy atom. The minimum atomic E-state index is 0.663. The summed E-state index contributed by atoms with van der Waals surface area (Å²) in [6.07, 6.45) is 1.85. The number of benzene rings is 6. The van der Waals surface area contributed by atoms with E-state index in [1.54, 1.807) is 0 Å². The van der Waals surface area contributed by atoms with E-state index in [1.165, 1.54) is 16.2 Å². The van der Waals surface area contributed by atoms with E-state index >= 15 is 0 Å². The van der Waals surface area contributed by atoms with Gasteiger partial charge in [-0.1, -0.05) is 133 Å². The summed E-state index contributed by atoms with van der Waals surface area (Å²) in [4.78, 5) is 20.5. The zero-order valence-corrected chi connectivity index (χ0v) is 24.8. The summed E-state index contributed by atoms with van der Waals surface area (Å²) in [6, 6.07) is 52.3. The van der Waals surface area contributed by atoms with Crippen molar-refractivity contribution in [3.63, 3.8) is 0 Å². The van der Waals surface area contributed by atoms with Crippen molar-refractivity contribution in [1.82, 2.24) is 19.9 Å². The number of hydrogen-bond donors (Lipinski definition) is 0. The minimum absolute atomic E-state index is 0.663. The topological polar surface area (TPSA) is 51.6 Å². The molecule has 4 heteroatoms. The lowest BCUT2D eigenvalue weighted by molar-refractivity contribution is 1.18. The smallest absolute Gasteiger partial charge is 0.160 e. The molecule has 9 aromatic rings. The summed E-state index contributed by atoms with van der Waals surface area (Å²) in [6.45, 7) is 0. The fourth-order valence-electron chi connectivity index (χ4n) is 6.57. The van der Waals surface area contributed by atoms with Crippen molar-refractivity contribution in [1.29, 1.82) is 0 Å². The van der Waals surface area contributed by atoms with Gasteiger partial charge in [0.2, 0.25) is 0 Å². The molecular formula is C42H26N4. The van der Waals surface area contributed by atoms with Crippen molar-refractivity contribution < 1.29 is 0 Å². The third-order valence-corrected chi connectivity index (χ3v) is 8.69. The molecule has 6 aromatic carbocycles. The average Bonchev–Trinajstić information content (AvgIpc) is 3.15. The molecule has 0 aliphatic rings. The van der Waals surface area contributed by atoms with Crippen molar-refractivity contribution in [2.24, 2.45) is 0 Å². The van der Waals surface area contributed by atoms with E-state index < -0.39 is 0 Å². The first-order valence-corrected chi connectivity index (χ1v) is 15.4. The van der Waals surface area contributed by atoms with Crippen molar-refractivity contribution in [3.05, 3.63) is 158 Å². The van der Waals surface area contributed by atoms with Gasteiger partial charge >= 0.3 is 0 Å². The molecule has 3 heterocycles. The molecule has 0 spiro atoms. The Morgan fingerprint density at radius 3 is 1.59 bits per heavy atom. The van der Waals surface area contributed by atoms with Gasteiger partial charge in [-0.3, -0.25) is 4.98 Å². The Labute approximate surface area is 265 Å². The highest BCUT2D eigenvalue weighted by atomic mass is 14.9. The van der Waals surface area contributed by atoms with E-state index in [0.29, 0.717) is 5.82 Å². The van der Waals surface area contributed by atoms with E-state index in [2.05, 4.69) is 109 Å². The molecule has 0 unspecified atom stereocenters. The van der Waals surface area contributed by atoms with Crippen LogP contribution in [-0.2, 0) is 0 Å². The maximum atomic E-state index is 5.41. The fraction of sp³-hybridized carbons (Fsp3) is 0. The maximum Gasteiger partial charge on any atom is 0.160 e. The van der Waals surface area contributed by atoms with Crippen LogP contribution < -0.4 is 0 Å². The molecule has 3 aromatic heterocycles. The first kappa shape index (κ1) is 26.2. The second kappa shape index (κ2) is 10.7. The molecule has 0 amide bonds. The highest BCUT2D eigenvalue weighted by molar-refractivity contribution is 6.30. The van der Waals surface area contributed by atoms with Gasteiger partial charge in [0.25, 0.3) is 0 Å². The van der Waals surface area contributed by atoms with Gasteiger partial charge in [-0.05, 0) is 34.4 Å². The van der Waals surface area contributed by atoms with E-state index in [-0.39, 0.29) is 0 Å². The summed E-state index contributed by atoms with van der Waals surface area (Å²) < 4.78 is 0. The Balaban J connectivity index is 1.30. The zero-order valence-electron chi connectivity index (χ0n) is 24.8. The number of nitrogens with zero attached hydrogens (tertiary/aromatic N) is 4. The van der Waals surface area contributed by atoms with Crippen LogP contribution in [0.25, 0.3) is 88.5 Å². The van der Waals surface area contributed by atoms with Crippen molar-refractivity contribution >= 4 is 43.4 Å². The van der Waals surface area contributed by atoms with Crippen molar-refractivity contribution in [2.75, 3.05) is 0 Å². The van der Waals surface area contributed by atoms with Crippen LogP contribution >= 0.6 is 0 Å². The van der Waals surface area contributed by atoms with Crippen LogP contribution in [0.5, 0.6) is 0 Å². The van der Waals surface area contributed by atoms with Gasteiger partial charge in [0.15, 0.2) is 5.82 Å². The zero-order chi connectivity index (χ0) is 30.5. The quantitative estimate of drug-likeness (QED) is 0.193. The molecule has 0 aliphatic carbocycles. The number of aromatic nitrogens is 4. The van der Waals surface area contributed by atoms with E-state index in [9.17, 15) is 0 Å². The van der Waals surface area contributed by atoms with Gasteiger partial charge in [-0.2, -0.15) is 0 Å². The van der Waals surface area contributed by atoms with E-state index in [0.717, 1.165) is 66.5 Å². The Bertz CT molecular complexity index is 2520. The molecule has 0 N–H and O–H groups in total. The maximum absolute atomic E-state index is 5.41. The van der Waals surface area contributed by atoms with Crippen LogP contribution in [0.15, 0.2) is 158 Å². The summed E-state index contributed by atoms with van der Waals surface area (Å²) in [7, 11) is 0. The predicted molar refractivity (Wildman–Crippen MR) is 189 cm³/mol. The predicted octanol–water partition coefficient (Wildman–Crippen LogP) is 10.5. The van der Waals surface area contributed by atoms with E-state index in [4.69, 9.17) is 19.9 Å². The Kier molecular flexibility index (Phi) is 6.10. The monoisotopic (exact) mass is 586 g/mol. The van der Waals surface area contributed by atoms with Crippen LogP contribution in [0.1, 0.15) is 0 Å². The number of rotatable bonds is 4. The van der Waals surface area contributed by atoms with Crippen molar-refractivity contribution in [3.8, 4) is 45.2 Å². The summed E-state index contributed by atoms with van der Waals surface area (Å²) >= 11 is 0. The molecule has 0 bridgehead atoms. The highest BCUT2D eigenvalue weighted by Crippen LogP contribution is 2.40. The minimum Gasteiger partial charge on any atom is -0.254 e. The first-order chi connectivity index (χ1) is 22.8. The van der Waals surface area contributed by atoms with Crippen LogP contribution in [0, 0.1) is 0 Å². The standard InChI is InChI=1S/C42H26N4/c1-3-13-27(14-4-1)36-26-37(28-15-5-2-6-16-28)45-42(44-36)30-18-11-17-29(25-30)39-41-35(23-12-24-43-41)38-33-21-9-7-19-31(33)32-20-8-10-22-34(32)40(38)46-39/h1-26H. The third-order valence-electron chi connectivity index (χ3n) is 8.69. The van der Waals surface area contributed by atoms with Gasteiger partial charge in [0.05, 0.1) is 28.1 Å². The molecule has 4 nitrogen and oxygen atoms in total. The van der Waals surface area contributed by atoms with Gasteiger partial charge in [-0.15, -0.1) is 0 Å². The molecule has 0 atom stereocenters. The first-order valence-electron chi connectivity index (χ1n) is 15.4. The molecule has 46 heavy (non-hydrogen) atoms. The molecule has 0 fully saturated rings. The summed E-state index contributed by atoms with van der Waals surface area (Å²) in [5, 5.41) is 6.94. The highest BCUT2D eigenvalue weighted by Gasteiger charge is 2.18. The Morgan fingerprint density at radius 2 is 0.891 bits per heavy atom. The van der Waals surface area contributed by atoms with Gasteiger partial charge in [-0.25, -0.2) is 15.0 Å². The van der Waals surface area contributed by atoms with Gasteiger partial charge in [0, 0.05) is 44.6 Å². The summed E-state index contributed by atoms with van der Waals surface area (Å²) in [5.41, 5.74) is 8.42. The van der Waals surface area contributed by atoms with Crippen LogP contribution in [0.2, 0.25) is 0 Å². The SMILES string of the molecule is c1ccc(-c2cc(-c3ccccc3)nc(-c3cccc(-c4nc5c6ccccc6c6ccccc6c5c5cccnc45)c3)n2)cc1. The van der Waals surface area contributed by atoms with Crippen LogP contribution in [0.4, 0.5) is 0 Å². The average molecular weight is 587 g/mol. The number of pyridine rings is 2. The lowest BCUT2D eigenvalue weighted by Gasteiger charge is -2.15. The van der Waals surface area contributed by atoms with Gasteiger partial charge < -0.3 is 0 Å². The third kappa shape index (κ3) is 4.31. The molecular weight excluding hydrogens is 560 g/mol. The lowest BCUT2D eigenvalue weighted by atomic mass is 9.93. The number of fused-ring (bicyclic) bond motifs is 8. The molecule has 0 saturated heterocycles. The molecule has 0 aliphatic heterocycles. The van der Waals surface area contributed by atoms with Gasteiger partial charge in [0.1, 0.15) is 0 Å².